The molecule has 27 heavy (non-hydrogen) atoms. The fraction of sp³-hybridized carbons (Fsp3) is 0.316. The molecule has 2 rings (SSSR count). The van der Waals surface area contributed by atoms with Crippen molar-refractivity contribution in [2.24, 2.45) is 0 Å². The van der Waals surface area contributed by atoms with Gasteiger partial charge in [-0.25, -0.2) is 9.78 Å². The standard InChI is InChI=1S/C19H21N3O4S/c1-4-24-14-7-8-17(25-5-2)15(9-14)16-12-27-19(22-16)21-11-13(10-20)18(23)26-6-3/h7-9,11-12H,4-6H2,1-3H3,(H,21,22)/b13-11+. The van der Waals surface area contributed by atoms with Gasteiger partial charge in [0.2, 0.25) is 0 Å². The van der Waals surface area contributed by atoms with Crippen LogP contribution in [0.25, 0.3) is 11.3 Å². The van der Waals surface area contributed by atoms with Crippen molar-refractivity contribution in [3.05, 3.63) is 35.4 Å². The van der Waals surface area contributed by atoms with E-state index in [2.05, 4.69) is 10.3 Å². The van der Waals surface area contributed by atoms with Gasteiger partial charge in [0, 0.05) is 17.1 Å². The number of thiazole rings is 1. The Hall–Kier alpha value is -3.05. The van der Waals surface area contributed by atoms with E-state index in [4.69, 9.17) is 19.5 Å². The number of anilines is 1. The third-order valence-corrected chi connectivity index (χ3v) is 4.07. The lowest BCUT2D eigenvalue weighted by Gasteiger charge is -2.11. The van der Waals surface area contributed by atoms with E-state index in [1.165, 1.54) is 17.5 Å². The summed E-state index contributed by atoms with van der Waals surface area (Å²) in [6.45, 7) is 6.81. The Balaban J connectivity index is 2.25. The Bertz CT molecular complexity index is 855. The van der Waals surface area contributed by atoms with Crippen LogP contribution in [-0.4, -0.2) is 30.8 Å². The van der Waals surface area contributed by atoms with Crippen LogP contribution < -0.4 is 14.8 Å². The Morgan fingerprint density at radius 2 is 2.04 bits per heavy atom. The van der Waals surface area contributed by atoms with Crippen LogP contribution in [0.4, 0.5) is 5.13 Å². The zero-order chi connectivity index (χ0) is 19.6. The van der Waals surface area contributed by atoms with Crippen LogP contribution in [0.2, 0.25) is 0 Å². The summed E-state index contributed by atoms with van der Waals surface area (Å²) in [4.78, 5) is 16.1. The first-order valence-electron chi connectivity index (χ1n) is 8.52. The van der Waals surface area contributed by atoms with Crippen LogP contribution in [0.1, 0.15) is 20.8 Å². The van der Waals surface area contributed by atoms with E-state index in [0.717, 1.165) is 11.3 Å². The summed E-state index contributed by atoms with van der Waals surface area (Å²) in [5.41, 5.74) is 1.39. The molecule has 0 unspecified atom stereocenters. The van der Waals surface area contributed by atoms with Crippen molar-refractivity contribution in [2.75, 3.05) is 25.1 Å². The number of ether oxygens (including phenoxy) is 3. The van der Waals surface area contributed by atoms with Gasteiger partial charge in [-0.1, -0.05) is 0 Å². The van der Waals surface area contributed by atoms with Crippen molar-refractivity contribution < 1.29 is 19.0 Å². The molecule has 0 aliphatic rings. The molecule has 0 spiro atoms. The van der Waals surface area contributed by atoms with E-state index < -0.39 is 5.97 Å². The number of hydrogen-bond acceptors (Lipinski definition) is 8. The predicted molar refractivity (Wildman–Crippen MR) is 104 cm³/mol. The molecule has 1 aromatic heterocycles. The third-order valence-electron chi connectivity index (χ3n) is 3.30. The van der Waals surface area contributed by atoms with E-state index in [1.54, 1.807) is 6.92 Å². The largest absolute Gasteiger partial charge is 0.494 e. The molecule has 0 aliphatic carbocycles. The lowest BCUT2D eigenvalue weighted by molar-refractivity contribution is -0.138. The second kappa shape index (κ2) is 10.2. The summed E-state index contributed by atoms with van der Waals surface area (Å²) >= 11 is 1.34. The highest BCUT2D eigenvalue weighted by Crippen LogP contribution is 2.35. The zero-order valence-electron chi connectivity index (χ0n) is 15.4. The first kappa shape index (κ1) is 20.3. The van der Waals surface area contributed by atoms with Crippen LogP contribution in [0.15, 0.2) is 35.4 Å². The summed E-state index contributed by atoms with van der Waals surface area (Å²) in [5.74, 6) is 0.761. The second-order valence-corrected chi connectivity index (χ2v) is 5.95. The molecule has 0 amide bonds. The number of carbonyl (C=O) groups is 1. The Morgan fingerprint density at radius 3 is 2.70 bits per heavy atom. The number of nitrogens with one attached hydrogen (secondary N) is 1. The van der Waals surface area contributed by atoms with Gasteiger partial charge in [-0.05, 0) is 39.0 Å². The molecule has 0 radical (unpaired) electrons. The summed E-state index contributed by atoms with van der Waals surface area (Å²) < 4.78 is 16.1. The van der Waals surface area contributed by atoms with Crippen LogP contribution in [0, 0.1) is 11.3 Å². The minimum Gasteiger partial charge on any atom is -0.494 e. The molecule has 142 valence electrons. The SMILES string of the molecule is CCOC(=O)/C(C#N)=C/Nc1nc(-c2cc(OCC)ccc2OCC)cs1. The number of nitriles is 1. The van der Waals surface area contributed by atoms with Crippen molar-refractivity contribution >= 4 is 22.4 Å². The topological polar surface area (TPSA) is 93.5 Å². The van der Waals surface area contributed by atoms with E-state index in [9.17, 15) is 4.79 Å². The molecule has 8 heteroatoms. The Labute approximate surface area is 162 Å². The van der Waals surface area contributed by atoms with Crippen LogP contribution >= 0.6 is 11.3 Å². The Kier molecular flexibility index (Phi) is 7.64. The van der Waals surface area contributed by atoms with Gasteiger partial charge in [-0.3, -0.25) is 0 Å². The maximum absolute atomic E-state index is 11.6. The molecule has 0 fully saturated rings. The summed E-state index contributed by atoms with van der Waals surface area (Å²) in [5, 5.41) is 14.3. The first-order chi connectivity index (χ1) is 13.1. The van der Waals surface area contributed by atoms with Crippen molar-refractivity contribution in [3.8, 4) is 28.8 Å². The molecule has 1 aromatic carbocycles. The quantitative estimate of drug-likeness (QED) is 0.395. The molecule has 1 N–H and O–H groups in total. The molecule has 1 heterocycles. The number of aromatic nitrogens is 1. The smallest absolute Gasteiger partial charge is 0.350 e. The summed E-state index contributed by atoms with van der Waals surface area (Å²) in [6.07, 6.45) is 1.29. The van der Waals surface area contributed by atoms with Crippen molar-refractivity contribution in [3.63, 3.8) is 0 Å². The van der Waals surface area contributed by atoms with Gasteiger partial charge in [0.1, 0.15) is 17.6 Å². The number of rotatable bonds is 9. The van der Waals surface area contributed by atoms with E-state index in [-0.39, 0.29) is 12.2 Å². The number of esters is 1. The van der Waals surface area contributed by atoms with Gasteiger partial charge in [0.05, 0.1) is 25.5 Å². The molecular formula is C19H21N3O4S. The third kappa shape index (κ3) is 5.46. The van der Waals surface area contributed by atoms with Crippen LogP contribution in [0.5, 0.6) is 11.5 Å². The minimum atomic E-state index is -0.674. The van der Waals surface area contributed by atoms with Gasteiger partial charge < -0.3 is 19.5 Å². The fourth-order valence-electron chi connectivity index (χ4n) is 2.19. The maximum atomic E-state index is 11.6. The van der Waals surface area contributed by atoms with Gasteiger partial charge >= 0.3 is 5.97 Å². The van der Waals surface area contributed by atoms with Crippen LogP contribution in [0.3, 0.4) is 0 Å². The lowest BCUT2D eigenvalue weighted by Crippen LogP contribution is -2.07. The molecule has 0 saturated heterocycles. The van der Waals surface area contributed by atoms with E-state index >= 15 is 0 Å². The van der Waals surface area contributed by atoms with Gasteiger partial charge in [0.25, 0.3) is 0 Å². The Morgan fingerprint density at radius 1 is 1.26 bits per heavy atom. The average molecular weight is 387 g/mol. The average Bonchev–Trinajstić information content (AvgIpc) is 3.13. The van der Waals surface area contributed by atoms with E-state index in [0.29, 0.717) is 29.8 Å². The molecule has 0 saturated carbocycles. The molecule has 0 aliphatic heterocycles. The van der Waals surface area contributed by atoms with Gasteiger partial charge in [-0.15, -0.1) is 11.3 Å². The molecular weight excluding hydrogens is 366 g/mol. The van der Waals surface area contributed by atoms with Crippen molar-refractivity contribution in [2.45, 2.75) is 20.8 Å². The molecule has 2 aromatic rings. The summed E-state index contributed by atoms with van der Waals surface area (Å²) in [7, 11) is 0. The predicted octanol–water partition coefficient (Wildman–Crippen LogP) is 3.99. The zero-order valence-corrected chi connectivity index (χ0v) is 16.3. The molecule has 0 atom stereocenters. The summed E-state index contributed by atoms with van der Waals surface area (Å²) in [6, 6.07) is 7.39. The molecule has 0 bridgehead atoms. The number of hydrogen-bond donors (Lipinski definition) is 1. The maximum Gasteiger partial charge on any atom is 0.350 e. The van der Waals surface area contributed by atoms with Crippen molar-refractivity contribution in [1.29, 1.82) is 5.26 Å². The number of nitrogens with zero attached hydrogens (tertiary/aromatic N) is 2. The highest BCUT2D eigenvalue weighted by molar-refractivity contribution is 7.14. The second-order valence-electron chi connectivity index (χ2n) is 5.10. The minimum absolute atomic E-state index is 0.123. The van der Waals surface area contributed by atoms with Crippen molar-refractivity contribution in [1.82, 2.24) is 4.98 Å². The normalized spacial score (nSPS) is 10.8. The lowest BCUT2D eigenvalue weighted by atomic mass is 10.1. The van der Waals surface area contributed by atoms with E-state index in [1.807, 2.05) is 43.5 Å². The van der Waals surface area contributed by atoms with Crippen LogP contribution in [-0.2, 0) is 9.53 Å². The highest BCUT2D eigenvalue weighted by Gasteiger charge is 2.13. The monoisotopic (exact) mass is 387 g/mol. The van der Waals surface area contributed by atoms with Gasteiger partial charge in [0.15, 0.2) is 10.7 Å². The van der Waals surface area contributed by atoms with Gasteiger partial charge in [-0.2, -0.15) is 5.26 Å². The molecule has 7 nitrogen and oxygen atoms in total. The number of carbonyl (C=O) groups excluding carboxylic acids is 1. The number of benzene rings is 1. The fourth-order valence-corrected chi connectivity index (χ4v) is 2.87. The first-order valence-corrected chi connectivity index (χ1v) is 9.40. The highest BCUT2D eigenvalue weighted by atomic mass is 32.1.